The van der Waals surface area contributed by atoms with Crippen LogP contribution in [-0.2, 0) is 21.4 Å². The fourth-order valence-electron chi connectivity index (χ4n) is 3.13. The van der Waals surface area contributed by atoms with Crippen LogP contribution in [0.1, 0.15) is 12.5 Å². The number of hydrogen-bond acceptors (Lipinski definition) is 5. The van der Waals surface area contributed by atoms with Gasteiger partial charge >= 0.3 is 0 Å². The maximum absolute atomic E-state index is 13.0. The Morgan fingerprint density at radius 2 is 1.75 bits per heavy atom. The Kier molecular flexibility index (Phi) is 6.33. The molecule has 1 aliphatic heterocycles. The molecule has 2 aromatic rings. The molecule has 0 bridgehead atoms. The van der Waals surface area contributed by atoms with Gasteiger partial charge < -0.3 is 14.7 Å². The molecule has 1 unspecified atom stereocenters. The molecule has 0 aromatic heterocycles. The van der Waals surface area contributed by atoms with Crippen LogP contribution in [0.3, 0.4) is 0 Å². The van der Waals surface area contributed by atoms with Crippen molar-refractivity contribution >= 4 is 15.9 Å². The van der Waals surface area contributed by atoms with Gasteiger partial charge in [-0.1, -0.05) is 30.3 Å². The quantitative estimate of drug-likeness (QED) is 0.788. The summed E-state index contributed by atoms with van der Waals surface area (Å²) in [6.07, 6.45) is -0.965. The highest BCUT2D eigenvalue weighted by molar-refractivity contribution is 7.89. The van der Waals surface area contributed by atoms with Gasteiger partial charge in [0.25, 0.3) is 0 Å². The summed E-state index contributed by atoms with van der Waals surface area (Å²) in [4.78, 5) is 14.2. The van der Waals surface area contributed by atoms with Crippen molar-refractivity contribution in [3.8, 4) is 5.75 Å². The van der Waals surface area contributed by atoms with Crippen LogP contribution in [-0.4, -0.2) is 61.0 Å². The van der Waals surface area contributed by atoms with E-state index < -0.39 is 16.1 Å². The van der Waals surface area contributed by atoms with Crippen molar-refractivity contribution in [2.45, 2.75) is 24.5 Å². The van der Waals surface area contributed by atoms with Crippen LogP contribution in [0.25, 0.3) is 0 Å². The maximum Gasteiger partial charge on any atom is 0.243 e. The molecule has 3 rings (SSSR count). The summed E-state index contributed by atoms with van der Waals surface area (Å²) in [5, 5.41) is 10.3. The third kappa shape index (κ3) is 4.70. The average Bonchev–Trinajstić information content (AvgIpc) is 2.82. The number of aliphatic hydroxyl groups excluding tert-OH is 1. The van der Waals surface area contributed by atoms with Crippen molar-refractivity contribution in [1.82, 2.24) is 9.21 Å². The van der Waals surface area contributed by atoms with Crippen molar-refractivity contribution in [3.05, 3.63) is 60.2 Å². The van der Waals surface area contributed by atoms with E-state index in [0.717, 1.165) is 9.87 Å². The number of hydrogen-bond donors (Lipinski definition) is 1. The number of benzene rings is 2. The van der Waals surface area contributed by atoms with Gasteiger partial charge in [0.05, 0.1) is 24.2 Å². The molecule has 8 heteroatoms. The van der Waals surface area contributed by atoms with E-state index in [9.17, 15) is 18.3 Å². The third-order valence-electron chi connectivity index (χ3n) is 4.50. The van der Waals surface area contributed by atoms with Gasteiger partial charge in [0, 0.05) is 19.6 Å². The summed E-state index contributed by atoms with van der Waals surface area (Å²) < 4.78 is 32.3. The van der Waals surface area contributed by atoms with Gasteiger partial charge in [0.1, 0.15) is 5.75 Å². The summed E-state index contributed by atoms with van der Waals surface area (Å²) in [6, 6.07) is 15.5. The molecule has 0 spiro atoms. The lowest BCUT2D eigenvalue weighted by Gasteiger charge is -2.22. The van der Waals surface area contributed by atoms with E-state index in [2.05, 4.69) is 0 Å². The average molecular weight is 404 g/mol. The fourth-order valence-corrected chi connectivity index (χ4v) is 4.55. The molecule has 150 valence electrons. The summed E-state index contributed by atoms with van der Waals surface area (Å²) >= 11 is 0. The second-order valence-corrected chi connectivity index (χ2v) is 8.55. The number of amides is 1. The first-order valence-corrected chi connectivity index (χ1v) is 10.6. The van der Waals surface area contributed by atoms with Crippen molar-refractivity contribution in [1.29, 1.82) is 0 Å². The van der Waals surface area contributed by atoms with Crippen molar-refractivity contribution < 1.29 is 23.1 Å². The lowest BCUT2D eigenvalue weighted by atomic mass is 10.2. The Morgan fingerprint density at radius 3 is 2.39 bits per heavy atom. The predicted molar refractivity (Wildman–Crippen MR) is 104 cm³/mol. The number of nitrogens with zero attached hydrogens (tertiary/aromatic N) is 2. The number of ether oxygens (including phenoxy) is 1. The van der Waals surface area contributed by atoms with Crippen LogP contribution in [0.5, 0.6) is 5.75 Å². The van der Waals surface area contributed by atoms with Gasteiger partial charge in [-0.25, -0.2) is 8.42 Å². The fraction of sp³-hybridized carbons (Fsp3) is 0.350. The van der Waals surface area contributed by atoms with E-state index in [0.29, 0.717) is 18.9 Å². The summed E-state index contributed by atoms with van der Waals surface area (Å²) in [6.45, 7) is 2.30. The zero-order valence-corrected chi connectivity index (χ0v) is 16.5. The normalized spacial score (nSPS) is 18.7. The molecule has 0 saturated carbocycles. The molecule has 1 atom stereocenters. The number of β-amino-alcohol motifs (C(OH)–C–C–N with tert-alkyl or cyclic N) is 1. The monoisotopic (exact) mass is 404 g/mol. The summed E-state index contributed by atoms with van der Waals surface area (Å²) in [5.74, 6) is 0.234. The molecule has 2 aromatic carbocycles. The molecule has 28 heavy (non-hydrogen) atoms. The highest BCUT2D eigenvalue weighted by atomic mass is 32.2. The van der Waals surface area contributed by atoms with E-state index in [1.54, 1.807) is 12.1 Å². The van der Waals surface area contributed by atoms with Gasteiger partial charge in [-0.05, 0) is 36.8 Å². The molecule has 1 saturated heterocycles. The Bertz CT molecular complexity index is 900. The van der Waals surface area contributed by atoms with E-state index in [1.807, 2.05) is 37.3 Å². The highest BCUT2D eigenvalue weighted by Crippen LogP contribution is 2.22. The van der Waals surface area contributed by atoms with Crippen molar-refractivity contribution in [2.24, 2.45) is 0 Å². The van der Waals surface area contributed by atoms with Crippen LogP contribution in [0.2, 0.25) is 0 Å². The van der Waals surface area contributed by atoms with Crippen LogP contribution in [0, 0.1) is 0 Å². The zero-order valence-electron chi connectivity index (χ0n) is 15.7. The second kappa shape index (κ2) is 8.72. The maximum atomic E-state index is 13.0. The Balaban J connectivity index is 1.78. The van der Waals surface area contributed by atoms with Gasteiger partial charge in [0.2, 0.25) is 15.9 Å². The molecule has 1 heterocycles. The van der Waals surface area contributed by atoms with Gasteiger partial charge in [-0.2, -0.15) is 4.31 Å². The molecule has 1 fully saturated rings. The van der Waals surface area contributed by atoms with E-state index >= 15 is 0 Å². The number of carbonyl (C=O) groups is 1. The lowest BCUT2D eigenvalue weighted by Crippen LogP contribution is -2.39. The van der Waals surface area contributed by atoms with Gasteiger partial charge in [0.15, 0.2) is 0 Å². The third-order valence-corrected chi connectivity index (χ3v) is 6.32. The van der Waals surface area contributed by atoms with Crippen LogP contribution in [0.4, 0.5) is 0 Å². The number of aliphatic hydroxyl groups is 1. The van der Waals surface area contributed by atoms with E-state index in [4.69, 9.17) is 4.74 Å². The second-order valence-electron chi connectivity index (χ2n) is 6.62. The molecular formula is C20H24N2O5S. The predicted octanol–water partition coefficient (Wildman–Crippen LogP) is 1.48. The SMILES string of the molecule is CCOc1ccc(S(=O)(=O)N2CC(=O)N(Cc3ccccc3)CC(O)C2)cc1. The van der Waals surface area contributed by atoms with Crippen molar-refractivity contribution in [2.75, 3.05) is 26.2 Å². The Hall–Kier alpha value is -2.42. The zero-order chi connectivity index (χ0) is 20.1. The largest absolute Gasteiger partial charge is 0.494 e. The van der Waals surface area contributed by atoms with Crippen molar-refractivity contribution in [3.63, 3.8) is 0 Å². The Morgan fingerprint density at radius 1 is 1.07 bits per heavy atom. The molecule has 0 radical (unpaired) electrons. The minimum Gasteiger partial charge on any atom is -0.494 e. The number of sulfonamides is 1. The van der Waals surface area contributed by atoms with Gasteiger partial charge in [-0.15, -0.1) is 0 Å². The summed E-state index contributed by atoms with van der Waals surface area (Å²) in [7, 11) is -3.91. The topological polar surface area (TPSA) is 87.2 Å². The number of carbonyl (C=O) groups excluding carboxylic acids is 1. The van der Waals surface area contributed by atoms with Crippen LogP contribution >= 0.6 is 0 Å². The lowest BCUT2D eigenvalue weighted by molar-refractivity contribution is -0.131. The minimum atomic E-state index is -3.91. The minimum absolute atomic E-state index is 0.0625. The first-order valence-electron chi connectivity index (χ1n) is 9.13. The first kappa shape index (κ1) is 20.3. The van der Waals surface area contributed by atoms with Crippen LogP contribution < -0.4 is 4.74 Å². The van der Waals surface area contributed by atoms with Crippen LogP contribution in [0.15, 0.2) is 59.5 Å². The molecule has 1 N–H and O–H groups in total. The standard InChI is InChI=1S/C20H24N2O5S/c1-2-27-18-8-10-19(11-9-18)28(25,26)22-14-17(23)13-21(20(24)15-22)12-16-6-4-3-5-7-16/h3-11,17,23H,2,12-15H2,1H3. The van der Waals surface area contributed by atoms with E-state index in [-0.39, 0.29) is 30.4 Å². The molecule has 1 amide bonds. The highest BCUT2D eigenvalue weighted by Gasteiger charge is 2.34. The van der Waals surface area contributed by atoms with Gasteiger partial charge in [-0.3, -0.25) is 4.79 Å². The first-order chi connectivity index (χ1) is 13.4. The smallest absolute Gasteiger partial charge is 0.243 e. The summed E-state index contributed by atoms with van der Waals surface area (Å²) in [5.41, 5.74) is 0.922. The molecule has 1 aliphatic rings. The van der Waals surface area contributed by atoms with E-state index in [1.165, 1.54) is 17.0 Å². The molecule has 7 nitrogen and oxygen atoms in total. The Labute approximate surface area is 165 Å². The number of rotatable bonds is 6. The molecule has 0 aliphatic carbocycles. The molecular weight excluding hydrogens is 380 g/mol.